The second-order valence-electron chi connectivity index (χ2n) is 5.88. The van der Waals surface area contributed by atoms with Gasteiger partial charge in [0.25, 0.3) is 5.91 Å². The number of nitrogens with one attached hydrogen (secondary N) is 1. The molecule has 0 aliphatic carbocycles. The molecule has 1 atom stereocenters. The highest BCUT2D eigenvalue weighted by Gasteiger charge is 2.44. The summed E-state index contributed by atoms with van der Waals surface area (Å²) in [4.78, 5) is 21.5. The van der Waals surface area contributed by atoms with Gasteiger partial charge in [0, 0.05) is 6.54 Å². The number of carboxylic acid groups (broad SMARTS) is 1. The molecule has 32 heavy (non-hydrogen) atoms. The Labute approximate surface area is 186 Å². The highest BCUT2D eigenvalue weighted by molar-refractivity contribution is 7.86. The number of alkyl halides is 6. The zero-order valence-electron chi connectivity index (χ0n) is 15.1. The summed E-state index contributed by atoms with van der Waals surface area (Å²) in [5.41, 5.74) is -2.80. The molecule has 4 N–H and O–H groups in total. The van der Waals surface area contributed by atoms with E-state index in [0.717, 1.165) is 0 Å². The van der Waals surface area contributed by atoms with E-state index in [9.17, 15) is 40.1 Å². The quantitative estimate of drug-likeness (QED) is 0.493. The minimum Gasteiger partial charge on any atom is -0.481 e. The normalized spacial score (nSPS) is 13.1. The van der Waals surface area contributed by atoms with Crippen molar-refractivity contribution in [3.8, 4) is 5.69 Å². The fraction of sp³-hybridized carbons (Fsp3) is 0.267. The van der Waals surface area contributed by atoms with Crippen LogP contribution in [0.25, 0.3) is 5.69 Å². The molecule has 2 rings (SSSR count). The zero-order valence-corrected chi connectivity index (χ0v) is 17.5. The van der Waals surface area contributed by atoms with E-state index in [-0.39, 0.29) is 0 Å². The van der Waals surface area contributed by atoms with Gasteiger partial charge in [-0.3, -0.25) is 9.59 Å². The highest BCUT2D eigenvalue weighted by atomic mass is 35.5. The topological polar surface area (TPSA) is 127 Å². The van der Waals surface area contributed by atoms with E-state index >= 15 is 0 Å². The average molecular weight is 527 g/mol. The number of hydrogen-bond acceptors (Lipinski definition) is 5. The summed E-state index contributed by atoms with van der Waals surface area (Å²) >= 11 is 11.6. The molecule has 0 aliphatic heterocycles. The van der Waals surface area contributed by atoms with E-state index in [2.05, 4.69) is 5.10 Å². The zero-order chi connectivity index (χ0) is 24.6. The van der Waals surface area contributed by atoms with Gasteiger partial charge in [0.2, 0.25) is 0 Å². The monoisotopic (exact) mass is 526 g/mol. The Kier molecular flexibility index (Phi) is 7.36. The van der Waals surface area contributed by atoms with Crippen molar-refractivity contribution in [2.24, 2.45) is 0 Å². The number of benzene rings is 1. The van der Waals surface area contributed by atoms with Crippen LogP contribution in [-0.2, 0) is 21.8 Å². The van der Waals surface area contributed by atoms with Crippen molar-refractivity contribution in [1.29, 1.82) is 0 Å². The van der Waals surface area contributed by atoms with Gasteiger partial charge in [-0.2, -0.15) is 31.4 Å². The fourth-order valence-electron chi connectivity index (χ4n) is 2.33. The average Bonchev–Trinajstić information content (AvgIpc) is 2.95. The first-order valence-electron chi connectivity index (χ1n) is 7.99. The van der Waals surface area contributed by atoms with Gasteiger partial charge >= 0.3 is 17.7 Å². The van der Waals surface area contributed by atoms with Crippen LogP contribution in [0.1, 0.15) is 22.5 Å². The number of nitrogens with two attached hydrogens (primary N) is 1. The molecule has 2 aromatic rings. The third kappa shape index (κ3) is 5.45. The Hall–Kier alpha value is -2.52. The van der Waals surface area contributed by atoms with Crippen LogP contribution in [0, 0.1) is 0 Å². The molecule has 0 fully saturated rings. The summed E-state index contributed by atoms with van der Waals surface area (Å²) in [6, 6.07) is 0.799. The van der Waals surface area contributed by atoms with Crippen LogP contribution in [0.4, 0.5) is 32.2 Å². The SMILES string of the molecule is Nc1c(S(=O)C(F)(F)F)c(C(=O)NCCC(=O)O)nn1-c1c(Cl)cc(C(F)(F)F)cc1Cl. The molecular formula is C15H10Cl2F6N4O4S. The summed E-state index contributed by atoms with van der Waals surface area (Å²) in [7, 11) is -3.90. The van der Waals surface area contributed by atoms with E-state index in [1.54, 1.807) is 0 Å². The van der Waals surface area contributed by atoms with Crippen LogP contribution in [-0.4, -0.2) is 43.0 Å². The summed E-state index contributed by atoms with van der Waals surface area (Å²) in [5, 5.41) is 12.6. The molecule has 8 nitrogen and oxygen atoms in total. The Morgan fingerprint density at radius 2 is 1.69 bits per heavy atom. The van der Waals surface area contributed by atoms with Crippen LogP contribution in [0.2, 0.25) is 10.0 Å². The Bertz CT molecular complexity index is 1080. The number of anilines is 1. The van der Waals surface area contributed by atoms with Gasteiger partial charge in [-0.1, -0.05) is 23.2 Å². The number of halogens is 8. The molecule has 0 radical (unpaired) electrons. The van der Waals surface area contributed by atoms with Crippen molar-refractivity contribution in [2.45, 2.75) is 23.0 Å². The molecule has 1 amide bonds. The second-order valence-corrected chi connectivity index (χ2v) is 8.10. The standard InChI is InChI=1S/C15H10Cl2F6N4O4S/c16-6-3-5(14(18,19)20)4-7(17)10(6)27-12(24)11(32(31)15(21,22)23)9(26-27)13(30)25-2-1-8(28)29/h3-4H,1-2,24H2,(H,25,30)(H,28,29). The summed E-state index contributed by atoms with van der Waals surface area (Å²) in [6.45, 7) is -0.527. The molecule has 0 aliphatic rings. The van der Waals surface area contributed by atoms with Crippen molar-refractivity contribution in [3.63, 3.8) is 0 Å². The van der Waals surface area contributed by atoms with Crippen molar-refractivity contribution in [3.05, 3.63) is 33.4 Å². The first kappa shape index (κ1) is 25.7. The molecule has 0 spiro atoms. The van der Waals surface area contributed by atoms with Crippen LogP contribution in [0.3, 0.4) is 0 Å². The molecule has 176 valence electrons. The smallest absolute Gasteiger partial charge is 0.476 e. The van der Waals surface area contributed by atoms with E-state index in [1.807, 2.05) is 5.32 Å². The first-order chi connectivity index (χ1) is 14.6. The lowest BCUT2D eigenvalue weighted by Crippen LogP contribution is -2.28. The number of carboxylic acids is 1. The van der Waals surface area contributed by atoms with E-state index < -0.39 is 85.0 Å². The molecule has 1 aromatic heterocycles. The van der Waals surface area contributed by atoms with Crippen LogP contribution < -0.4 is 11.1 Å². The van der Waals surface area contributed by atoms with Gasteiger partial charge in [-0.25, -0.2) is 8.89 Å². The van der Waals surface area contributed by atoms with Crippen LogP contribution >= 0.6 is 23.2 Å². The van der Waals surface area contributed by atoms with Crippen molar-refractivity contribution < 1.29 is 45.2 Å². The Balaban J connectivity index is 2.68. The summed E-state index contributed by atoms with van der Waals surface area (Å²) in [5.74, 6) is -3.74. The van der Waals surface area contributed by atoms with E-state index in [1.165, 1.54) is 0 Å². The van der Waals surface area contributed by atoms with Gasteiger partial charge in [0.1, 0.15) is 16.4 Å². The molecule has 17 heteroatoms. The number of rotatable bonds is 6. The number of aliphatic carboxylic acids is 1. The minimum atomic E-state index is -5.40. The molecule has 0 saturated heterocycles. The number of hydrogen-bond donors (Lipinski definition) is 3. The molecule has 0 bridgehead atoms. The van der Waals surface area contributed by atoms with Gasteiger partial charge in [0.15, 0.2) is 16.5 Å². The maximum Gasteiger partial charge on any atom is 0.476 e. The summed E-state index contributed by atoms with van der Waals surface area (Å²) in [6.07, 6.45) is -5.46. The van der Waals surface area contributed by atoms with Gasteiger partial charge in [0.05, 0.1) is 22.0 Å². The lowest BCUT2D eigenvalue weighted by atomic mass is 10.2. The van der Waals surface area contributed by atoms with Crippen molar-refractivity contribution in [1.82, 2.24) is 15.1 Å². The summed E-state index contributed by atoms with van der Waals surface area (Å²) < 4.78 is 90.3. The molecule has 1 unspecified atom stereocenters. The first-order valence-corrected chi connectivity index (χ1v) is 9.90. The Morgan fingerprint density at radius 3 is 2.12 bits per heavy atom. The van der Waals surface area contributed by atoms with E-state index in [4.69, 9.17) is 34.0 Å². The maximum absolute atomic E-state index is 13.1. The lowest BCUT2D eigenvalue weighted by Gasteiger charge is -2.13. The number of carbonyl (C=O) groups is 2. The maximum atomic E-state index is 13.1. The number of aromatic nitrogens is 2. The van der Waals surface area contributed by atoms with E-state index in [0.29, 0.717) is 16.8 Å². The predicted molar refractivity (Wildman–Crippen MR) is 100 cm³/mol. The number of nitrogen functional groups attached to an aromatic ring is 1. The molecular weight excluding hydrogens is 517 g/mol. The highest BCUT2D eigenvalue weighted by Crippen LogP contribution is 2.40. The third-order valence-electron chi connectivity index (χ3n) is 3.67. The number of amides is 1. The lowest BCUT2D eigenvalue weighted by molar-refractivity contribution is -0.138. The largest absolute Gasteiger partial charge is 0.481 e. The van der Waals surface area contributed by atoms with Crippen LogP contribution in [0.5, 0.6) is 0 Å². The molecule has 0 saturated carbocycles. The number of carbonyl (C=O) groups excluding carboxylic acids is 1. The molecule has 1 heterocycles. The second kappa shape index (κ2) is 9.15. The van der Waals surface area contributed by atoms with Crippen molar-refractivity contribution in [2.75, 3.05) is 12.3 Å². The Morgan fingerprint density at radius 1 is 1.16 bits per heavy atom. The predicted octanol–water partition coefficient (Wildman–Crippen LogP) is 3.61. The minimum absolute atomic E-state index is 0.343. The van der Waals surface area contributed by atoms with Gasteiger partial charge in [-0.05, 0) is 12.1 Å². The van der Waals surface area contributed by atoms with Gasteiger partial charge < -0.3 is 16.2 Å². The molecule has 1 aromatic carbocycles. The van der Waals surface area contributed by atoms with Gasteiger partial charge in [-0.15, -0.1) is 0 Å². The van der Waals surface area contributed by atoms with Crippen LogP contribution in [0.15, 0.2) is 17.0 Å². The third-order valence-corrected chi connectivity index (χ3v) is 5.44. The van der Waals surface area contributed by atoms with Crippen molar-refractivity contribution >= 4 is 51.7 Å². The number of nitrogens with zero attached hydrogens (tertiary/aromatic N) is 2. The fourth-order valence-corrected chi connectivity index (χ4v) is 3.80.